The molecule has 0 spiro atoms. The van der Waals surface area contributed by atoms with E-state index in [0.717, 1.165) is 23.1 Å². The Morgan fingerprint density at radius 3 is 2.46 bits per heavy atom. The third-order valence-electron chi connectivity index (χ3n) is 3.50. The van der Waals surface area contributed by atoms with Crippen LogP contribution in [-0.4, -0.2) is 22.4 Å². The molecular weight excluding hydrogens is 349 g/mol. The molecule has 1 aromatic heterocycles. The van der Waals surface area contributed by atoms with Gasteiger partial charge in [-0.2, -0.15) is 13.2 Å². The molecule has 3 amide bonds. The summed E-state index contributed by atoms with van der Waals surface area (Å²) in [5, 5.41) is 2.27. The molecule has 0 aliphatic rings. The van der Waals surface area contributed by atoms with Crippen molar-refractivity contribution in [3.63, 3.8) is 0 Å². The van der Waals surface area contributed by atoms with Crippen LogP contribution in [0.25, 0.3) is 11.0 Å². The van der Waals surface area contributed by atoms with Crippen LogP contribution in [0.2, 0.25) is 0 Å². The maximum Gasteiger partial charge on any atom is 0.416 e. The fraction of sp³-hybridized carbons (Fsp3) is 0.0588. The van der Waals surface area contributed by atoms with Gasteiger partial charge in [-0.1, -0.05) is 6.07 Å². The summed E-state index contributed by atoms with van der Waals surface area (Å²) < 4.78 is 38.3. The van der Waals surface area contributed by atoms with Crippen molar-refractivity contribution in [2.24, 2.45) is 0 Å². The number of carbonyl (C=O) groups excluding carboxylic acids is 2. The number of fused-ring (bicyclic) bond motifs is 1. The molecule has 1 N–H and O–H groups in total. The molecule has 0 atom stereocenters. The largest absolute Gasteiger partial charge is 0.416 e. The highest BCUT2D eigenvalue weighted by Crippen LogP contribution is 2.30. The summed E-state index contributed by atoms with van der Waals surface area (Å²) in [6.07, 6.45) is -1.32. The van der Waals surface area contributed by atoms with Gasteiger partial charge in [0.25, 0.3) is 0 Å². The first-order valence-electron chi connectivity index (χ1n) is 7.32. The van der Waals surface area contributed by atoms with Crippen LogP contribution < -0.4 is 10.2 Å². The van der Waals surface area contributed by atoms with E-state index in [1.165, 1.54) is 30.6 Å². The zero-order valence-electron chi connectivity index (χ0n) is 13.1. The first kappa shape index (κ1) is 17.3. The lowest BCUT2D eigenvalue weighted by Gasteiger charge is -2.17. The monoisotopic (exact) mass is 360 g/mol. The fourth-order valence-electron chi connectivity index (χ4n) is 2.28. The molecule has 0 bridgehead atoms. The number of amides is 3. The predicted molar refractivity (Wildman–Crippen MR) is 88.5 cm³/mol. The van der Waals surface area contributed by atoms with E-state index in [2.05, 4.69) is 15.3 Å². The average Bonchev–Trinajstić information content (AvgIpc) is 2.62. The number of benzene rings is 2. The van der Waals surface area contributed by atoms with Crippen molar-refractivity contribution >= 4 is 34.8 Å². The molecule has 0 radical (unpaired) electrons. The van der Waals surface area contributed by atoms with Crippen LogP contribution >= 0.6 is 0 Å². The lowest BCUT2D eigenvalue weighted by Crippen LogP contribution is -2.33. The maximum atomic E-state index is 12.8. The van der Waals surface area contributed by atoms with Crippen LogP contribution in [0, 0.1) is 0 Å². The first-order chi connectivity index (χ1) is 12.4. The summed E-state index contributed by atoms with van der Waals surface area (Å²) in [4.78, 5) is 32.5. The van der Waals surface area contributed by atoms with Gasteiger partial charge in [0.1, 0.15) is 0 Å². The van der Waals surface area contributed by atoms with Gasteiger partial charge in [0.15, 0.2) is 0 Å². The number of carbonyl (C=O) groups is 2. The molecule has 6 nitrogen and oxygen atoms in total. The Hall–Kier alpha value is -3.49. The predicted octanol–water partition coefficient (Wildman–Crippen LogP) is 3.84. The minimum absolute atomic E-state index is 0.0859. The number of nitrogens with zero attached hydrogens (tertiary/aromatic N) is 3. The number of alkyl halides is 3. The summed E-state index contributed by atoms with van der Waals surface area (Å²) >= 11 is 0. The van der Waals surface area contributed by atoms with Gasteiger partial charge in [0.2, 0.25) is 6.41 Å². The number of urea groups is 1. The Morgan fingerprint density at radius 1 is 1.04 bits per heavy atom. The zero-order valence-corrected chi connectivity index (χ0v) is 13.1. The van der Waals surface area contributed by atoms with E-state index in [0.29, 0.717) is 11.0 Å². The van der Waals surface area contributed by atoms with E-state index in [1.807, 2.05) is 0 Å². The normalized spacial score (nSPS) is 11.2. The van der Waals surface area contributed by atoms with Gasteiger partial charge >= 0.3 is 12.2 Å². The molecule has 0 unspecified atom stereocenters. The van der Waals surface area contributed by atoms with Crippen LogP contribution in [0.1, 0.15) is 5.56 Å². The number of hydrogen-bond donors (Lipinski definition) is 1. The van der Waals surface area contributed by atoms with Crippen molar-refractivity contribution in [1.82, 2.24) is 9.97 Å². The van der Waals surface area contributed by atoms with Gasteiger partial charge < -0.3 is 5.32 Å². The first-order valence-corrected chi connectivity index (χ1v) is 7.32. The van der Waals surface area contributed by atoms with Gasteiger partial charge in [0.05, 0.1) is 22.3 Å². The third kappa shape index (κ3) is 3.61. The molecule has 0 aliphatic heterocycles. The quantitative estimate of drug-likeness (QED) is 0.720. The fourth-order valence-corrected chi connectivity index (χ4v) is 2.28. The molecule has 2 aromatic carbocycles. The van der Waals surface area contributed by atoms with Crippen LogP contribution in [0.4, 0.5) is 29.3 Å². The summed E-state index contributed by atoms with van der Waals surface area (Å²) in [5.41, 5.74) is 0.243. The lowest BCUT2D eigenvalue weighted by atomic mass is 10.2. The van der Waals surface area contributed by atoms with Gasteiger partial charge in [-0.25, -0.2) is 9.69 Å². The van der Waals surface area contributed by atoms with Crippen LogP contribution in [0.3, 0.4) is 0 Å². The van der Waals surface area contributed by atoms with E-state index in [4.69, 9.17) is 0 Å². The van der Waals surface area contributed by atoms with E-state index in [-0.39, 0.29) is 17.8 Å². The number of imide groups is 1. The Morgan fingerprint density at radius 2 is 1.77 bits per heavy atom. The molecule has 0 aliphatic carbocycles. The van der Waals surface area contributed by atoms with Gasteiger partial charge in [-0.15, -0.1) is 0 Å². The van der Waals surface area contributed by atoms with Crippen molar-refractivity contribution in [3.05, 3.63) is 60.4 Å². The summed E-state index contributed by atoms with van der Waals surface area (Å²) in [7, 11) is 0. The molecule has 0 saturated carbocycles. The molecule has 3 aromatic rings. The maximum absolute atomic E-state index is 12.8. The molecule has 0 saturated heterocycles. The molecule has 132 valence electrons. The highest BCUT2D eigenvalue weighted by molar-refractivity contribution is 6.12. The topological polar surface area (TPSA) is 75.2 Å². The van der Waals surface area contributed by atoms with Crippen molar-refractivity contribution in [2.45, 2.75) is 6.18 Å². The highest BCUT2D eigenvalue weighted by atomic mass is 19.4. The Bertz CT molecular complexity index is 975. The van der Waals surface area contributed by atoms with E-state index < -0.39 is 17.8 Å². The van der Waals surface area contributed by atoms with Crippen molar-refractivity contribution in [1.29, 1.82) is 0 Å². The molecule has 1 heterocycles. The van der Waals surface area contributed by atoms with Crippen molar-refractivity contribution in [2.75, 3.05) is 10.2 Å². The molecule has 0 fully saturated rings. The minimum Gasteiger partial charge on any atom is -0.307 e. The summed E-state index contributed by atoms with van der Waals surface area (Å²) in [6, 6.07) is 7.76. The lowest BCUT2D eigenvalue weighted by molar-refractivity contribution is -0.137. The van der Waals surface area contributed by atoms with Crippen molar-refractivity contribution < 1.29 is 22.8 Å². The second-order valence-electron chi connectivity index (χ2n) is 5.21. The average molecular weight is 360 g/mol. The number of halogens is 3. The van der Waals surface area contributed by atoms with E-state index in [9.17, 15) is 22.8 Å². The van der Waals surface area contributed by atoms with Crippen molar-refractivity contribution in [3.8, 4) is 0 Å². The number of aromatic nitrogens is 2. The number of rotatable bonds is 3. The van der Waals surface area contributed by atoms with E-state index >= 15 is 0 Å². The minimum atomic E-state index is -4.54. The van der Waals surface area contributed by atoms with Crippen LogP contribution in [-0.2, 0) is 11.0 Å². The zero-order chi connectivity index (χ0) is 18.7. The van der Waals surface area contributed by atoms with Gasteiger partial charge in [-0.05, 0) is 36.4 Å². The highest BCUT2D eigenvalue weighted by Gasteiger charge is 2.30. The second kappa shape index (κ2) is 6.79. The molecule has 26 heavy (non-hydrogen) atoms. The van der Waals surface area contributed by atoms with Crippen LogP contribution in [0.5, 0.6) is 0 Å². The summed E-state index contributed by atoms with van der Waals surface area (Å²) in [5.74, 6) is 0. The third-order valence-corrected chi connectivity index (χ3v) is 3.50. The number of nitrogens with one attached hydrogen (secondary N) is 1. The van der Waals surface area contributed by atoms with Gasteiger partial charge in [-0.3, -0.25) is 14.8 Å². The Kier molecular flexibility index (Phi) is 4.53. The van der Waals surface area contributed by atoms with E-state index in [1.54, 1.807) is 6.07 Å². The van der Waals surface area contributed by atoms with Crippen LogP contribution in [0.15, 0.2) is 54.9 Å². The summed E-state index contributed by atoms with van der Waals surface area (Å²) in [6.45, 7) is 0. The Balaban J connectivity index is 1.86. The Labute approximate surface area is 145 Å². The number of anilines is 2. The van der Waals surface area contributed by atoms with Gasteiger partial charge in [0, 0.05) is 18.1 Å². The second-order valence-corrected chi connectivity index (χ2v) is 5.21. The molecular formula is C17H11F3N4O2. The molecule has 3 rings (SSSR count). The standard InChI is InChI=1S/C17H11F3N4O2/c18-17(19,20)11-2-1-3-12(8-11)23-16(26)24(10-25)13-4-5-14-15(9-13)22-7-6-21-14/h1-10H,(H,23,26). The SMILES string of the molecule is O=CN(C(=O)Nc1cccc(C(F)(F)F)c1)c1ccc2nccnc2c1. The smallest absolute Gasteiger partial charge is 0.307 e. The molecule has 9 heteroatoms. The number of hydrogen-bond acceptors (Lipinski definition) is 4.